The number of halogens is 4. The molecule has 0 fully saturated rings. The summed E-state index contributed by atoms with van der Waals surface area (Å²) in [5.74, 6) is 0. The molecule has 1 aromatic heterocycles. The third-order valence-corrected chi connectivity index (χ3v) is 2.14. The molecule has 0 radical (unpaired) electrons. The predicted molar refractivity (Wildman–Crippen MR) is 50.1 cm³/mol. The van der Waals surface area contributed by atoms with Crippen molar-refractivity contribution in [3.05, 3.63) is 21.5 Å². The van der Waals surface area contributed by atoms with Gasteiger partial charge in [0.1, 0.15) is 11.5 Å². The monoisotopic (exact) mass is 285 g/mol. The van der Waals surface area contributed by atoms with Crippen molar-refractivity contribution in [3.63, 3.8) is 0 Å². The van der Waals surface area contributed by atoms with Crippen molar-refractivity contribution in [1.29, 1.82) is 0 Å². The van der Waals surface area contributed by atoms with Crippen molar-refractivity contribution in [1.82, 2.24) is 4.98 Å². The second-order valence-electron chi connectivity index (χ2n) is 2.35. The Bertz CT molecular complexity index is 299. The molecule has 0 bridgehead atoms. The summed E-state index contributed by atoms with van der Waals surface area (Å²) < 4.78 is 36.5. The summed E-state index contributed by atoms with van der Waals surface area (Å²) in [5, 5.41) is 0. The second kappa shape index (κ2) is 3.23. The first kappa shape index (κ1) is 9.82. The van der Waals surface area contributed by atoms with Gasteiger partial charge in [-0.2, -0.15) is 13.2 Å². The van der Waals surface area contributed by atoms with Crippen LogP contribution in [0.4, 0.5) is 13.2 Å². The summed E-state index contributed by atoms with van der Waals surface area (Å²) >= 11 is 1.57. The van der Waals surface area contributed by atoms with Gasteiger partial charge in [0.25, 0.3) is 0 Å². The fraction of sp³-hybridized carbons (Fsp3) is 0.167. The maximum absolute atomic E-state index is 12.2. The molecule has 1 aromatic rings. The van der Waals surface area contributed by atoms with E-state index < -0.39 is 11.7 Å². The number of hydrogen-bond acceptors (Lipinski definition) is 1. The Labute approximate surface area is 81.9 Å². The summed E-state index contributed by atoms with van der Waals surface area (Å²) in [6, 6.07) is 1.09. The van der Waals surface area contributed by atoms with Crippen LogP contribution in [-0.4, -0.2) is 12.8 Å². The molecule has 0 aliphatic carbocycles. The van der Waals surface area contributed by atoms with Gasteiger partial charge >= 0.3 is 6.18 Å². The topological polar surface area (TPSA) is 12.9 Å². The number of alkyl halides is 3. The van der Waals surface area contributed by atoms with Crippen molar-refractivity contribution in [3.8, 4) is 0 Å². The fourth-order valence-corrected chi connectivity index (χ4v) is 1.35. The van der Waals surface area contributed by atoms with Crippen LogP contribution in [-0.2, 0) is 6.18 Å². The summed E-state index contributed by atoms with van der Waals surface area (Å²) in [5.41, 5.74) is -0.147. The van der Waals surface area contributed by atoms with E-state index in [1.807, 2.05) is 0 Å². The largest absolute Gasteiger partial charge is 0.418 e. The first-order valence-corrected chi connectivity index (χ1v) is 4.18. The standard InChI is InChI=1S/C6H4BF3IN/c7-3-1-4(6(8,9)10)5(11)12-2-3/h1-2H,7H2. The van der Waals surface area contributed by atoms with E-state index in [1.165, 1.54) is 6.20 Å². The van der Waals surface area contributed by atoms with Crippen molar-refractivity contribution in [2.45, 2.75) is 6.18 Å². The van der Waals surface area contributed by atoms with E-state index in [1.54, 1.807) is 30.4 Å². The van der Waals surface area contributed by atoms with E-state index in [0.717, 1.165) is 6.07 Å². The van der Waals surface area contributed by atoms with Gasteiger partial charge in [-0.15, -0.1) is 0 Å². The lowest BCUT2D eigenvalue weighted by atomic mass is 9.97. The maximum atomic E-state index is 12.2. The van der Waals surface area contributed by atoms with Crippen molar-refractivity contribution < 1.29 is 13.2 Å². The first-order chi connectivity index (χ1) is 5.41. The van der Waals surface area contributed by atoms with Crippen LogP contribution in [0.25, 0.3) is 0 Å². The zero-order valence-corrected chi connectivity index (χ0v) is 8.27. The van der Waals surface area contributed by atoms with E-state index >= 15 is 0 Å². The van der Waals surface area contributed by atoms with Crippen LogP contribution in [0.15, 0.2) is 12.3 Å². The molecule has 1 rings (SSSR count). The molecular formula is C6H4BF3IN. The van der Waals surface area contributed by atoms with Gasteiger partial charge in [0, 0.05) is 6.20 Å². The van der Waals surface area contributed by atoms with Crippen molar-refractivity contribution in [2.75, 3.05) is 0 Å². The lowest BCUT2D eigenvalue weighted by molar-refractivity contribution is -0.138. The molecule has 0 spiro atoms. The molecule has 0 aliphatic heterocycles. The number of nitrogens with zero attached hydrogens (tertiary/aromatic N) is 1. The Hall–Kier alpha value is -0.265. The molecule has 0 aliphatic rings. The molecule has 0 unspecified atom stereocenters. The SMILES string of the molecule is Bc1cnc(I)c(C(F)(F)F)c1. The quantitative estimate of drug-likeness (QED) is 0.393. The molecule has 0 saturated carbocycles. The Morgan fingerprint density at radius 1 is 1.42 bits per heavy atom. The highest BCUT2D eigenvalue weighted by molar-refractivity contribution is 14.1. The minimum Gasteiger partial charge on any atom is -0.250 e. The van der Waals surface area contributed by atoms with Crippen LogP contribution >= 0.6 is 22.6 Å². The molecule has 64 valence electrons. The van der Waals surface area contributed by atoms with Gasteiger partial charge in [-0.3, -0.25) is 4.98 Å². The molecule has 0 amide bonds. The molecule has 12 heavy (non-hydrogen) atoms. The third kappa shape index (κ3) is 2.12. The van der Waals surface area contributed by atoms with Crippen molar-refractivity contribution >= 4 is 35.9 Å². The van der Waals surface area contributed by atoms with E-state index in [4.69, 9.17) is 0 Å². The van der Waals surface area contributed by atoms with Crippen LogP contribution in [0.5, 0.6) is 0 Å². The van der Waals surface area contributed by atoms with Gasteiger partial charge in [-0.1, -0.05) is 11.5 Å². The summed E-state index contributed by atoms with van der Waals surface area (Å²) in [4.78, 5) is 3.61. The molecule has 0 aromatic carbocycles. The number of aromatic nitrogens is 1. The highest BCUT2D eigenvalue weighted by Crippen LogP contribution is 2.30. The maximum Gasteiger partial charge on any atom is 0.418 e. The lowest BCUT2D eigenvalue weighted by Gasteiger charge is -2.08. The summed E-state index contributed by atoms with van der Waals surface area (Å²) in [6.07, 6.45) is -2.88. The van der Waals surface area contributed by atoms with Gasteiger partial charge in [-0.25, -0.2) is 0 Å². The lowest BCUT2D eigenvalue weighted by Crippen LogP contribution is -2.15. The van der Waals surface area contributed by atoms with Crippen LogP contribution < -0.4 is 5.46 Å². The molecule has 0 N–H and O–H groups in total. The van der Waals surface area contributed by atoms with Crippen LogP contribution in [0.3, 0.4) is 0 Å². The Kier molecular flexibility index (Phi) is 2.65. The van der Waals surface area contributed by atoms with E-state index in [-0.39, 0.29) is 3.70 Å². The average Bonchev–Trinajstić information content (AvgIpc) is 1.92. The molecular weight excluding hydrogens is 281 g/mol. The van der Waals surface area contributed by atoms with E-state index in [9.17, 15) is 13.2 Å². The van der Waals surface area contributed by atoms with E-state index in [0.29, 0.717) is 5.46 Å². The van der Waals surface area contributed by atoms with Gasteiger partial charge in [0.05, 0.1) is 5.56 Å². The van der Waals surface area contributed by atoms with Gasteiger partial charge in [0.2, 0.25) is 0 Å². The molecule has 1 nitrogen and oxygen atoms in total. The smallest absolute Gasteiger partial charge is 0.250 e. The molecule has 0 saturated heterocycles. The van der Waals surface area contributed by atoms with Gasteiger partial charge in [0.15, 0.2) is 0 Å². The first-order valence-electron chi connectivity index (χ1n) is 3.10. The Balaban J connectivity index is 3.23. The zero-order chi connectivity index (χ0) is 9.35. The van der Waals surface area contributed by atoms with Crippen LogP contribution in [0, 0.1) is 3.70 Å². The third-order valence-electron chi connectivity index (χ3n) is 1.28. The molecule has 6 heteroatoms. The minimum atomic E-state index is -4.30. The summed E-state index contributed by atoms with van der Waals surface area (Å²) in [7, 11) is 1.58. The van der Waals surface area contributed by atoms with E-state index in [2.05, 4.69) is 4.98 Å². The number of rotatable bonds is 0. The highest BCUT2D eigenvalue weighted by atomic mass is 127. The number of pyridine rings is 1. The second-order valence-corrected chi connectivity index (χ2v) is 3.37. The fourth-order valence-electron chi connectivity index (χ4n) is 0.751. The molecule has 0 atom stereocenters. The molecule has 1 heterocycles. The van der Waals surface area contributed by atoms with Crippen LogP contribution in [0.2, 0.25) is 0 Å². The van der Waals surface area contributed by atoms with Gasteiger partial charge in [-0.05, 0) is 22.6 Å². The van der Waals surface area contributed by atoms with Crippen molar-refractivity contribution in [2.24, 2.45) is 0 Å². The van der Waals surface area contributed by atoms with Gasteiger partial charge < -0.3 is 0 Å². The normalized spacial score (nSPS) is 11.7. The summed E-state index contributed by atoms with van der Waals surface area (Å²) in [6.45, 7) is 0. The number of hydrogen-bond donors (Lipinski definition) is 0. The predicted octanol–water partition coefficient (Wildman–Crippen LogP) is 0.963. The highest BCUT2D eigenvalue weighted by Gasteiger charge is 2.33. The Morgan fingerprint density at radius 3 is 2.42 bits per heavy atom. The minimum absolute atomic E-state index is 0.00861. The average molecular weight is 285 g/mol. The Morgan fingerprint density at radius 2 is 2.00 bits per heavy atom. The zero-order valence-electron chi connectivity index (χ0n) is 6.11. The van der Waals surface area contributed by atoms with Crippen LogP contribution in [0.1, 0.15) is 5.56 Å².